The number of hydrogen-bond acceptors (Lipinski definition) is 3. The molecule has 0 aliphatic rings. The second-order valence-electron chi connectivity index (χ2n) is 1.50. The van der Waals surface area contributed by atoms with Crippen molar-refractivity contribution in [1.29, 1.82) is 5.59 Å². The lowest BCUT2D eigenvalue weighted by Crippen LogP contribution is -1.91. The quantitative estimate of drug-likeness (QED) is 0.635. The Kier molecular flexibility index (Phi) is 25.5. The summed E-state index contributed by atoms with van der Waals surface area (Å²) in [6, 6.07) is 0. The molecular weight excluding hydrogens is 158 g/mol. The van der Waals surface area contributed by atoms with Crippen LogP contribution in [-0.4, -0.2) is 11.1 Å². The highest BCUT2D eigenvalue weighted by Crippen LogP contribution is 1.91. The second kappa shape index (κ2) is 15.8. The molecule has 0 aromatic carbocycles. The molecule has 5 heteroatoms. The molecule has 4 nitrogen and oxygen atoms in total. The van der Waals surface area contributed by atoms with E-state index in [1.165, 1.54) is 0 Å². The van der Waals surface area contributed by atoms with Gasteiger partial charge in [-0.15, -0.1) is 12.4 Å². The standard InChI is InChI=1S/C5H10O2.ClH.HNO/c1-2-3-4-5(6)7;;1-2/h2-4H2,1H3,(H,6,7);1H;1H. The zero-order valence-electron chi connectivity index (χ0n) is 5.79. The van der Waals surface area contributed by atoms with Crippen molar-refractivity contribution in [3.05, 3.63) is 4.91 Å². The first-order valence-electron chi connectivity index (χ1n) is 2.69. The van der Waals surface area contributed by atoms with Crippen LogP contribution in [0.1, 0.15) is 26.2 Å². The number of carbonyl (C=O) groups is 1. The Balaban J connectivity index is -0.000000149. The number of carboxylic acid groups (broad SMARTS) is 1. The van der Waals surface area contributed by atoms with Crippen molar-refractivity contribution in [2.24, 2.45) is 0 Å². The smallest absolute Gasteiger partial charge is 0.303 e. The first kappa shape index (κ1) is 16.2. The van der Waals surface area contributed by atoms with Gasteiger partial charge in [0.1, 0.15) is 0 Å². The average molecular weight is 170 g/mol. The summed E-state index contributed by atoms with van der Waals surface area (Å²) in [5.74, 6) is -0.693. The van der Waals surface area contributed by atoms with Crippen molar-refractivity contribution in [1.82, 2.24) is 0 Å². The number of aliphatic carboxylic acids is 1. The largest absolute Gasteiger partial charge is 0.481 e. The minimum atomic E-state index is -0.693. The molecule has 10 heavy (non-hydrogen) atoms. The molecule has 0 unspecified atom stereocenters. The van der Waals surface area contributed by atoms with Gasteiger partial charge in [-0.3, -0.25) is 4.79 Å². The number of halogens is 1. The van der Waals surface area contributed by atoms with Gasteiger partial charge < -0.3 is 5.11 Å². The second-order valence-corrected chi connectivity index (χ2v) is 1.50. The molecule has 0 radical (unpaired) electrons. The average Bonchev–Trinajstić information content (AvgIpc) is 1.88. The maximum Gasteiger partial charge on any atom is 0.303 e. The summed E-state index contributed by atoms with van der Waals surface area (Å²) in [6.07, 6.45) is 2.08. The number of nitroso groups, excluding NO2 is 1. The molecule has 0 aliphatic carbocycles. The molecule has 0 amide bonds. The van der Waals surface area contributed by atoms with Gasteiger partial charge in [-0.25, -0.2) is 0 Å². The molecule has 62 valence electrons. The lowest BCUT2D eigenvalue weighted by molar-refractivity contribution is -0.137. The van der Waals surface area contributed by atoms with E-state index in [0.29, 0.717) is 6.42 Å². The molecule has 0 heterocycles. The lowest BCUT2D eigenvalue weighted by atomic mass is 10.3. The van der Waals surface area contributed by atoms with Gasteiger partial charge in [-0.05, 0) is 6.42 Å². The van der Waals surface area contributed by atoms with E-state index in [1.807, 2.05) is 6.92 Å². The summed E-state index contributed by atoms with van der Waals surface area (Å²) in [7, 11) is 0. The topological polar surface area (TPSA) is 78.2 Å². The Labute approximate surface area is 65.8 Å². The highest BCUT2D eigenvalue weighted by molar-refractivity contribution is 5.85. The van der Waals surface area contributed by atoms with Crippen molar-refractivity contribution in [3.8, 4) is 0 Å². The van der Waals surface area contributed by atoms with Crippen LogP contribution in [0.2, 0.25) is 0 Å². The van der Waals surface area contributed by atoms with Crippen molar-refractivity contribution in [2.45, 2.75) is 26.2 Å². The van der Waals surface area contributed by atoms with E-state index in [2.05, 4.69) is 5.59 Å². The molecule has 0 spiro atoms. The summed E-state index contributed by atoms with van der Waals surface area (Å²) in [6.45, 7) is 1.98. The van der Waals surface area contributed by atoms with Gasteiger partial charge in [0.25, 0.3) is 0 Å². The minimum absolute atomic E-state index is 0. The van der Waals surface area contributed by atoms with Crippen LogP contribution in [-0.2, 0) is 4.79 Å². The van der Waals surface area contributed by atoms with E-state index in [-0.39, 0.29) is 12.4 Å². The third-order valence-corrected chi connectivity index (χ3v) is 0.744. The fourth-order valence-corrected chi connectivity index (χ4v) is 0.328. The predicted molar refractivity (Wildman–Crippen MR) is 40.5 cm³/mol. The Morgan fingerprint density at radius 2 is 1.90 bits per heavy atom. The molecule has 0 saturated carbocycles. The predicted octanol–water partition coefficient (Wildman–Crippen LogP) is 2.01. The molecule has 0 saturated heterocycles. The Bertz CT molecular complexity index is 79.3. The Hall–Kier alpha value is -0.640. The van der Waals surface area contributed by atoms with Crippen LogP contribution >= 0.6 is 12.4 Å². The van der Waals surface area contributed by atoms with E-state index in [1.54, 1.807) is 0 Å². The van der Waals surface area contributed by atoms with E-state index in [0.717, 1.165) is 12.8 Å². The van der Waals surface area contributed by atoms with Crippen LogP contribution in [0.4, 0.5) is 0 Å². The Morgan fingerprint density at radius 3 is 2.00 bits per heavy atom. The molecule has 0 aromatic rings. The summed E-state index contributed by atoms with van der Waals surface area (Å²) < 4.78 is 0. The fourth-order valence-electron chi connectivity index (χ4n) is 0.328. The normalized spacial score (nSPS) is 6.50. The van der Waals surface area contributed by atoms with Crippen molar-refractivity contribution in [2.75, 3.05) is 0 Å². The number of nitrogens with one attached hydrogen (secondary N) is 1. The number of unbranched alkanes of at least 4 members (excludes halogenated alkanes) is 1. The maximum absolute atomic E-state index is 9.76. The molecule has 0 fully saturated rings. The fraction of sp³-hybridized carbons (Fsp3) is 0.800. The molecule has 0 atom stereocenters. The van der Waals surface area contributed by atoms with E-state index in [9.17, 15) is 4.79 Å². The first-order chi connectivity index (χ1) is 4.27. The Morgan fingerprint density at radius 1 is 1.50 bits per heavy atom. The van der Waals surface area contributed by atoms with E-state index < -0.39 is 5.97 Å². The number of rotatable bonds is 3. The van der Waals surface area contributed by atoms with Gasteiger partial charge >= 0.3 is 5.97 Å². The zero-order chi connectivity index (χ0) is 7.70. The highest BCUT2D eigenvalue weighted by Gasteiger charge is 1.90. The van der Waals surface area contributed by atoms with Crippen LogP contribution in [0.3, 0.4) is 0 Å². The van der Waals surface area contributed by atoms with Gasteiger partial charge in [-0.2, -0.15) is 4.91 Å². The van der Waals surface area contributed by atoms with Gasteiger partial charge in [0.2, 0.25) is 0 Å². The molecular formula is C5H12ClNO3. The van der Waals surface area contributed by atoms with Crippen molar-refractivity contribution in [3.63, 3.8) is 0 Å². The van der Waals surface area contributed by atoms with Crippen LogP contribution in [0, 0.1) is 10.5 Å². The van der Waals surface area contributed by atoms with Gasteiger partial charge in [0, 0.05) is 6.42 Å². The number of carboxylic acids is 1. The summed E-state index contributed by atoms with van der Waals surface area (Å²) in [4.78, 5) is 17.3. The van der Waals surface area contributed by atoms with E-state index >= 15 is 0 Å². The lowest BCUT2D eigenvalue weighted by Gasteiger charge is -1.85. The zero-order valence-corrected chi connectivity index (χ0v) is 6.61. The van der Waals surface area contributed by atoms with Gasteiger partial charge in [0.15, 0.2) is 0 Å². The highest BCUT2D eigenvalue weighted by atomic mass is 35.5. The van der Waals surface area contributed by atoms with Gasteiger partial charge in [-0.1, -0.05) is 18.9 Å². The number of hydrogen-bond donors (Lipinski definition) is 2. The third-order valence-electron chi connectivity index (χ3n) is 0.744. The van der Waals surface area contributed by atoms with Crippen LogP contribution in [0.15, 0.2) is 0 Å². The molecule has 0 bridgehead atoms. The molecule has 0 rings (SSSR count). The van der Waals surface area contributed by atoms with E-state index in [4.69, 9.17) is 10.0 Å². The van der Waals surface area contributed by atoms with Crippen molar-refractivity contribution < 1.29 is 9.90 Å². The molecule has 2 N–H and O–H groups in total. The summed E-state index contributed by atoms with van der Waals surface area (Å²) in [5.41, 5.74) is 4.50. The molecule has 0 aromatic heterocycles. The van der Waals surface area contributed by atoms with Crippen LogP contribution in [0.25, 0.3) is 0 Å². The van der Waals surface area contributed by atoms with Gasteiger partial charge in [0.05, 0.1) is 0 Å². The maximum atomic E-state index is 9.76. The van der Waals surface area contributed by atoms with Crippen molar-refractivity contribution >= 4 is 18.4 Å². The minimum Gasteiger partial charge on any atom is -0.481 e. The SMILES string of the molecule is CCCCC(=O)O.Cl.N=O. The van der Waals surface area contributed by atoms with Crippen LogP contribution < -0.4 is 0 Å². The van der Waals surface area contributed by atoms with Crippen LogP contribution in [0.5, 0.6) is 0 Å². The molecule has 0 aliphatic heterocycles. The summed E-state index contributed by atoms with van der Waals surface area (Å²) >= 11 is 0. The monoisotopic (exact) mass is 169 g/mol. The third kappa shape index (κ3) is 26.4. The first-order valence-corrected chi connectivity index (χ1v) is 2.69. The summed E-state index contributed by atoms with van der Waals surface area (Å²) in [5, 5.41) is 8.04.